The molecule has 1 aromatic carbocycles. The third-order valence-electron chi connectivity index (χ3n) is 2.47. The molecule has 0 saturated carbocycles. The fourth-order valence-corrected chi connectivity index (χ4v) is 1.95. The molecule has 18 heavy (non-hydrogen) atoms. The highest BCUT2D eigenvalue weighted by atomic mass is 35.5. The first-order chi connectivity index (χ1) is 8.16. The van der Waals surface area contributed by atoms with Gasteiger partial charge in [0.1, 0.15) is 0 Å². The van der Waals surface area contributed by atoms with Crippen LogP contribution in [0.25, 0.3) is 0 Å². The van der Waals surface area contributed by atoms with Gasteiger partial charge in [-0.25, -0.2) is 8.42 Å². The van der Waals surface area contributed by atoms with Crippen LogP contribution in [0, 0.1) is 5.41 Å². The molecule has 0 radical (unpaired) electrons. The van der Waals surface area contributed by atoms with E-state index in [2.05, 4.69) is 5.32 Å². The minimum Gasteiger partial charge on any atom is -0.326 e. The van der Waals surface area contributed by atoms with Crippen molar-refractivity contribution in [2.75, 3.05) is 17.5 Å². The van der Waals surface area contributed by atoms with Gasteiger partial charge < -0.3 is 5.32 Å². The highest BCUT2D eigenvalue weighted by Crippen LogP contribution is 2.21. The highest BCUT2D eigenvalue weighted by molar-refractivity contribution is 7.90. The molecule has 0 aromatic heterocycles. The number of carbonyl (C=O) groups excluding carboxylic acids is 1. The lowest BCUT2D eigenvalue weighted by Crippen LogP contribution is -2.32. The maximum Gasteiger partial charge on any atom is 0.231 e. The summed E-state index contributed by atoms with van der Waals surface area (Å²) in [6.45, 7) is 3.44. The third-order valence-corrected chi connectivity index (χ3v) is 4.25. The van der Waals surface area contributed by atoms with E-state index in [1.54, 1.807) is 26.0 Å². The lowest BCUT2D eigenvalue weighted by molar-refractivity contribution is -0.122. The standard InChI is InChI=1S/C12H16ClNO3S/c1-12(2,8-13)11(15)14-9-5-4-6-10(7-9)18(3,16)17/h4-7H,8H2,1-3H3,(H,14,15). The Morgan fingerprint density at radius 1 is 1.39 bits per heavy atom. The molecule has 0 heterocycles. The summed E-state index contributed by atoms with van der Waals surface area (Å²) in [5.74, 6) is -0.0620. The fraction of sp³-hybridized carbons (Fsp3) is 0.417. The molecule has 1 amide bonds. The topological polar surface area (TPSA) is 63.2 Å². The van der Waals surface area contributed by atoms with Gasteiger partial charge in [0, 0.05) is 17.8 Å². The molecule has 0 atom stereocenters. The van der Waals surface area contributed by atoms with Crippen LogP contribution in [0.1, 0.15) is 13.8 Å². The average Bonchev–Trinajstić information content (AvgIpc) is 2.28. The van der Waals surface area contributed by atoms with Crippen LogP contribution in [0.5, 0.6) is 0 Å². The molecule has 100 valence electrons. The van der Waals surface area contributed by atoms with Gasteiger partial charge in [0.05, 0.1) is 10.3 Å². The molecule has 0 bridgehead atoms. The van der Waals surface area contributed by atoms with Gasteiger partial charge in [-0.05, 0) is 32.0 Å². The second-order valence-corrected chi connectivity index (χ2v) is 7.05. The van der Waals surface area contributed by atoms with Gasteiger partial charge >= 0.3 is 0 Å². The maximum atomic E-state index is 11.9. The van der Waals surface area contributed by atoms with Gasteiger partial charge in [-0.2, -0.15) is 0 Å². The van der Waals surface area contributed by atoms with Crippen molar-refractivity contribution in [3.05, 3.63) is 24.3 Å². The van der Waals surface area contributed by atoms with E-state index in [1.807, 2.05) is 0 Å². The summed E-state index contributed by atoms with van der Waals surface area (Å²) in [5.41, 5.74) is -0.260. The molecular formula is C12H16ClNO3S. The number of carbonyl (C=O) groups is 1. The summed E-state index contributed by atoms with van der Waals surface area (Å²) in [6.07, 6.45) is 1.12. The number of halogens is 1. The number of benzene rings is 1. The second kappa shape index (κ2) is 5.28. The molecule has 0 fully saturated rings. The molecule has 0 spiro atoms. The summed E-state index contributed by atoms with van der Waals surface area (Å²) < 4.78 is 22.8. The Kier molecular flexibility index (Phi) is 4.40. The second-order valence-electron chi connectivity index (χ2n) is 4.77. The average molecular weight is 290 g/mol. The summed E-state index contributed by atoms with van der Waals surface area (Å²) in [5, 5.41) is 2.66. The summed E-state index contributed by atoms with van der Waals surface area (Å²) >= 11 is 5.70. The molecule has 1 N–H and O–H groups in total. The number of hydrogen-bond acceptors (Lipinski definition) is 3. The molecule has 6 heteroatoms. The molecule has 0 unspecified atom stereocenters. The third kappa shape index (κ3) is 3.71. The SMILES string of the molecule is CC(C)(CCl)C(=O)Nc1cccc(S(C)(=O)=O)c1. The molecule has 0 aliphatic heterocycles. The Bertz CT molecular complexity index is 552. The predicted octanol–water partition coefficient (Wildman–Crippen LogP) is 2.29. The number of hydrogen-bond donors (Lipinski definition) is 1. The summed E-state index contributed by atoms with van der Waals surface area (Å²) in [4.78, 5) is 12.1. The van der Waals surface area contributed by atoms with Crippen LogP contribution in [-0.4, -0.2) is 26.5 Å². The first-order valence-corrected chi connectivity index (χ1v) is 7.77. The molecule has 0 aliphatic carbocycles. The van der Waals surface area contributed by atoms with E-state index in [9.17, 15) is 13.2 Å². The van der Waals surface area contributed by atoms with E-state index >= 15 is 0 Å². The minimum absolute atomic E-state index is 0.170. The van der Waals surface area contributed by atoms with Crippen molar-refractivity contribution < 1.29 is 13.2 Å². The van der Waals surface area contributed by atoms with Crippen LogP contribution in [0.15, 0.2) is 29.2 Å². The Hall–Kier alpha value is -1.07. The van der Waals surface area contributed by atoms with E-state index in [4.69, 9.17) is 11.6 Å². The number of sulfone groups is 1. The van der Waals surface area contributed by atoms with Crippen molar-refractivity contribution in [1.82, 2.24) is 0 Å². The molecule has 0 saturated heterocycles. The monoisotopic (exact) mass is 289 g/mol. The van der Waals surface area contributed by atoms with Crippen molar-refractivity contribution in [2.45, 2.75) is 18.7 Å². The van der Waals surface area contributed by atoms with Crippen LogP contribution in [0.2, 0.25) is 0 Å². The van der Waals surface area contributed by atoms with Crippen LogP contribution in [-0.2, 0) is 14.6 Å². The minimum atomic E-state index is -3.28. The molecular weight excluding hydrogens is 274 g/mol. The van der Waals surface area contributed by atoms with Gasteiger partial charge in [-0.3, -0.25) is 4.79 Å². The Morgan fingerprint density at radius 2 is 2.00 bits per heavy atom. The van der Waals surface area contributed by atoms with Gasteiger partial charge in [0.2, 0.25) is 5.91 Å². The zero-order valence-corrected chi connectivity index (χ0v) is 12.1. The Morgan fingerprint density at radius 3 is 2.50 bits per heavy atom. The zero-order valence-electron chi connectivity index (χ0n) is 10.5. The largest absolute Gasteiger partial charge is 0.326 e. The van der Waals surface area contributed by atoms with Gasteiger partial charge in [0.15, 0.2) is 9.84 Å². The molecule has 0 aliphatic rings. The number of nitrogens with one attached hydrogen (secondary N) is 1. The van der Waals surface area contributed by atoms with Crippen LogP contribution < -0.4 is 5.32 Å². The van der Waals surface area contributed by atoms with Crippen molar-refractivity contribution in [2.24, 2.45) is 5.41 Å². The highest BCUT2D eigenvalue weighted by Gasteiger charge is 2.26. The van der Waals surface area contributed by atoms with E-state index in [1.165, 1.54) is 12.1 Å². The number of amides is 1. The first kappa shape index (κ1) is 15.0. The van der Waals surface area contributed by atoms with E-state index < -0.39 is 15.3 Å². The molecule has 1 rings (SSSR count). The first-order valence-electron chi connectivity index (χ1n) is 5.34. The summed E-state index contributed by atoms with van der Waals surface area (Å²) in [7, 11) is -3.28. The smallest absolute Gasteiger partial charge is 0.231 e. The predicted molar refractivity (Wildman–Crippen MR) is 72.7 cm³/mol. The summed E-state index contributed by atoms with van der Waals surface area (Å²) in [6, 6.07) is 6.13. The lowest BCUT2D eigenvalue weighted by atomic mass is 9.95. The Balaban J connectivity index is 2.97. The van der Waals surface area contributed by atoms with Crippen molar-refractivity contribution in [3.8, 4) is 0 Å². The maximum absolute atomic E-state index is 11.9. The molecule has 1 aromatic rings. The number of rotatable bonds is 4. The molecule has 4 nitrogen and oxygen atoms in total. The van der Waals surface area contributed by atoms with E-state index in [0.29, 0.717) is 5.69 Å². The number of anilines is 1. The quantitative estimate of drug-likeness (QED) is 0.865. The van der Waals surface area contributed by atoms with Gasteiger partial charge in [0.25, 0.3) is 0 Å². The van der Waals surface area contributed by atoms with Crippen LogP contribution >= 0.6 is 11.6 Å². The Labute approximate surface area is 112 Å². The van der Waals surface area contributed by atoms with Crippen molar-refractivity contribution >= 4 is 33.0 Å². The normalized spacial score (nSPS) is 12.2. The van der Waals surface area contributed by atoms with Crippen LogP contribution in [0.4, 0.5) is 5.69 Å². The fourth-order valence-electron chi connectivity index (χ4n) is 1.17. The zero-order chi connectivity index (χ0) is 14.0. The van der Waals surface area contributed by atoms with E-state index in [-0.39, 0.29) is 16.7 Å². The van der Waals surface area contributed by atoms with Gasteiger partial charge in [-0.1, -0.05) is 6.07 Å². The van der Waals surface area contributed by atoms with Crippen molar-refractivity contribution in [1.29, 1.82) is 0 Å². The lowest BCUT2D eigenvalue weighted by Gasteiger charge is -2.20. The van der Waals surface area contributed by atoms with Crippen molar-refractivity contribution in [3.63, 3.8) is 0 Å². The van der Waals surface area contributed by atoms with Gasteiger partial charge in [-0.15, -0.1) is 11.6 Å². The number of alkyl halides is 1. The van der Waals surface area contributed by atoms with Crippen LogP contribution in [0.3, 0.4) is 0 Å². The van der Waals surface area contributed by atoms with E-state index in [0.717, 1.165) is 6.26 Å².